The summed E-state index contributed by atoms with van der Waals surface area (Å²) in [4.78, 5) is 0. The third-order valence-electron chi connectivity index (χ3n) is 4.09. The van der Waals surface area contributed by atoms with Crippen molar-refractivity contribution in [3.8, 4) is 0 Å². The maximum Gasteiger partial charge on any atom is 0.168 e. The van der Waals surface area contributed by atoms with Gasteiger partial charge >= 0.3 is 0 Å². The number of rotatable bonds is 10. The molecule has 2 heterocycles. The fraction of sp³-hybridized carbons (Fsp3) is 0.545. The van der Waals surface area contributed by atoms with Crippen molar-refractivity contribution in [2.75, 3.05) is 0 Å². The summed E-state index contributed by atoms with van der Waals surface area (Å²) in [7, 11) is 0. The molecule has 0 aliphatic heterocycles. The molecule has 0 saturated carbocycles. The average molecular weight is 329 g/mol. The Morgan fingerprint density at radius 1 is 0.458 bits per heavy atom. The van der Waals surface area contributed by atoms with Gasteiger partial charge in [0.2, 0.25) is 0 Å². The van der Waals surface area contributed by atoms with Gasteiger partial charge in [-0.3, -0.25) is 0 Å². The molecule has 132 valence electrons. The first-order valence-corrected chi connectivity index (χ1v) is 9.75. The lowest BCUT2D eigenvalue weighted by molar-refractivity contribution is -0.697. The molecule has 0 aliphatic carbocycles. The minimum atomic E-state index is 1.15. The summed E-state index contributed by atoms with van der Waals surface area (Å²) in [5.74, 6) is 0. The first-order chi connectivity index (χ1) is 11.9. The van der Waals surface area contributed by atoms with Gasteiger partial charge in [-0.25, -0.2) is 9.13 Å². The van der Waals surface area contributed by atoms with Crippen molar-refractivity contribution in [2.45, 2.75) is 78.3 Å². The van der Waals surface area contributed by atoms with Gasteiger partial charge in [0.15, 0.2) is 24.8 Å². The summed E-state index contributed by atoms with van der Waals surface area (Å²) >= 11 is 0. The number of nitrogens with zero attached hydrogens (tertiary/aromatic N) is 2. The van der Waals surface area contributed by atoms with E-state index < -0.39 is 0 Å². The van der Waals surface area contributed by atoms with Crippen molar-refractivity contribution < 1.29 is 9.13 Å². The van der Waals surface area contributed by atoms with E-state index in [1.807, 2.05) is 6.07 Å². The highest BCUT2D eigenvalue weighted by molar-refractivity contribution is 4.84. The van der Waals surface area contributed by atoms with Crippen LogP contribution in [-0.2, 0) is 13.1 Å². The molecule has 0 N–H and O–H groups in total. The van der Waals surface area contributed by atoms with Crippen LogP contribution < -0.4 is 9.13 Å². The van der Waals surface area contributed by atoms with Crippen LogP contribution in [0.25, 0.3) is 0 Å². The number of unbranched alkanes of at least 4 members (excludes halogenated alkanes) is 6. The van der Waals surface area contributed by atoms with E-state index in [1.165, 1.54) is 57.9 Å². The van der Waals surface area contributed by atoms with Gasteiger partial charge in [0.25, 0.3) is 0 Å². The minimum Gasteiger partial charge on any atom is -0.205 e. The van der Waals surface area contributed by atoms with Gasteiger partial charge in [-0.2, -0.15) is 0 Å². The van der Waals surface area contributed by atoms with Crippen LogP contribution in [0.2, 0.25) is 0 Å². The van der Waals surface area contributed by atoms with E-state index in [9.17, 15) is 0 Å². The SMILES string of the molecule is CCCCCCCC[n+]1ccccc1.CCCC[n+]1ccccc1. The van der Waals surface area contributed by atoms with Crippen LogP contribution in [0, 0.1) is 0 Å². The molecule has 2 aromatic rings. The Kier molecular flexibility index (Phi) is 12.6. The summed E-state index contributed by atoms with van der Waals surface area (Å²) in [5.41, 5.74) is 0. The lowest BCUT2D eigenvalue weighted by Gasteiger charge is -1.98. The molecule has 0 unspecified atom stereocenters. The zero-order valence-electron chi connectivity index (χ0n) is 15.7. The Labute approximate surface area is 149 Å². The number of aryl methyl sites for hydroxylation is 2. The van der Waals surface area contributed by atoms with Crippen molar-refractivity contribution in [1.82, 2.24) is 0 Å². The highest BCUT2D eigenvalue weighted by Gasteiger charge is 1.97. The second-order valence-electron chi connectivity index (χ2n) is 6.35. The summed E-state index contributed by atoms with van der Waals surface area (Å²) in [6, 6.07) is 12.4. The highest BCUT2D eigenvalue weighted by Crippen LogP contribution is 2.04. The van der Waals surface area contributed by atoms with E-state index in [2.05, 4.69) is 78.1 Å². The lowest BCUT2D eigenvalue weighted by Crippen LogP contribution is -2.32. The summed E-state index contributed by atoms with van der Waals surface area (Å²) in [6.07, 6.45) is 19.3. The van der Waals surface area contributed by atoms with Gasteiger partial charge in [0, 0.05) is 37.1 Å². The van der Waals surface area contributed by atoms with Gasteiger partial charge in [-0.05, 0) is 6.42 Å². The van der Waals surface area contributed by atoms with Gasteiger partial charge < -0.3 is 0 Å². The second-order valence-corrected chi connectivity index (χ2v) is 6.35. The molecule has 0 aromatic carbocycles. The molecule has 0 amide bonds. The van der Waals surface area contributed by atoms with E-state index in [4.69, 9.17) is 0 Å². The standard InChI is InChI=1S/C13H22N.C9H14N/c1-2-3-4-5-6-8-11-14-12-9-7-10-13-14;1-2-3-7-10-8-5-4-6-9-10/h7,9-10,12-13H,2-6,8,11H2,1H3;4-6,8-9H,2-3,7H2,1H3/q2*+1. The molecule has 2 nitrogen and oxygen atoms in total. The fourth-order valence-electron chi connectivity index (χ4n) is 2.58. The molecule has 2 heteroatoms. The highest BCUT2D eigenvalue weighted by atomic mass is 14.9. The van der Waals surface area contributed by atoms with Crippen molar-refractivity contribution in [3.05, 3.63) is 61.2 Å². The first kappa shape index (κ1) is 20.3. The van der Waals surface area contributed by atoms with E-state index in [-0.39, 0.29) is 0 Å². The number of hydrogen-bond donors (Lipinski definition) is 0. The molecule has 0 aliphatic rings. The maximum absolute atomic E-state index is 2.26. The first-order valence-electron chi connectivity index (χ1n) is 9.75. The van der Waals surface area contributed by atoms with Crippen LogP contribution in [0.4, 0.5) is 0 Å². The molecular weight excluding hydrogens is 292 g/mol. The maximum atomic E-state index is 2.26. The van der Waals surface area contributed by atoms with E-state index >= 15 is 0 Å². The van der Waals surface area contributed by atoms with E-state index in [0.29, 0.717) is 0 Å². The monoisotopic (exact) mass is 328 g/mol. The molecule has 0 fully saturated rings. The van der Waals surface area contributed by atoms with E-state index in [1.54, 1.807) is 0 Å². The average Bonchev–Trinajstić information content (AvgIpc) is 2.65. The molecule has 2 rings (SSSR count). The fourth-order valence-corrected chi connectivity index (χ4v) is 2.58. The summed E-state index contributed by atoms with van der Waals surface area (Å²) in [5, 5.41) is 0. The Morgan fingerprint density at radius 3 is 1.38 bits per heavy atom. The van der Waals surface area contributed by atoms with Gasteiger partial charge in [-0.15, -0.1) is 0 Å². The molecule has 0 spiro atoms. The number of pyridine rings is 2. The van der Waals surface area contributed by atoms with Crippen LogP contribution >= 0.6 is 0 Å². The smallest absolute Gasteiger partial charge is 0.168 e. The lowest BCUT2D eigenvalue weighted by atomic mass is 10.1. The summed E-state index contributed by atoms with van der Waals surface area (Å²) in [6.45, 7) is 6.80. The Bertz CT molecular complexity index is 482. The van der Waals surface area contributed by atoms with Crippen LogP contribution in [0.1, 0.15) is 65.2 Å². The van der Waals surface area contributed by atoms with Gasteiger partial charge in [0.05, 0.1) is 0 Å². The Hall–Kier alpha value is -1.70. The molecule has 24 heavy (non-hydrogen) atoms. The molecule has 0 bridgehead atoms. The Morgan fingerprint density at radius 2 is 0.875 bits per heavy atom. The number of aromatic nitrogens is 2. The molecule has 0 atom stereocenters. The molecule has 2 aromatic heterocycles. The van der Waals surface area contributed by atoms with Crippen molar-refractivity contribution >= 4 is 0 Å². The van der Waals surface area contributed by atoms with Crippen LogP contribution in [0.3, 0.4) is 0 Å². The van der Waals surface area contributed by atoms with Crippen LogP contribution in [-0.4, -0.2) is 0 Å². The topological polar surface area (TPSA) is 7.76 Å². The van der Waals surface area contributed by atoms with Crippen molar-refractivity contribution in [3.63, 3.8) is 0 Å². The predicted octanol–water partition coefficient (Wildman–Crippen LogP) is 5.11. The van der Waals surface area contributed by atoms with Gasteiger partial charge in [0.1, 0.15) is 13.1 Å². The normalized spacial score (nSPS) is 10.1. The van der Waals surface area contributed by atoms with E-state index in [0.717, 1.165) is 6.54 Å². The molecule has 0 radical (unpaired) electrons. The van der Waals surface area contributed by atoms with Crippen LogP contribution in [0.5, 0.6) is 0 Å². The predicted molar refractivity (Wildman–Crippen MR) is 102 cm³/mol. The largest absolute Gasteiger partial charge is 0.205 e. The molecular formula is C22H36N2+2. The zero-order chi connectivity index (χ0) is 17.3. The minimum absolute atomic E-state index is 1.15. The zero-order valence-corrected chi connectivity index (χ0v) is 15.7. The quantitative estimate of drug-likeness (QED) is 0.423. The Balaban J connectivity index is 0.000000254. The second kappa shape index (κ2) is 14.9. The van der Waals surface area contributed by atoms with Crippen molar-refractivity contribution in [2.24, 2.45) is 0 Å². The van der Waals surface area contributed by atoms with Crippen LogP contribution in [0.15, 0.2) is 61.2 Å². The third kappa shape index (κ3) is 10.9. The third-order valence-corrected chi connectivity index (χ3v) is 4.09. The molecule has 0 saturated heterocycles. The van der Waals surface area contributed by atoms with Crippen molar-refractivity contribution in [1.29, 1.82) is 0 Å². The number of hydrogen-bond acceptors (Lipinski definition) is 0. The summed E-state index contributed by atoms with van der Waals surface area (Å²) < 4.78 is 4.48. The van der Waals surface area contributed by atoms with Gasteiger partial charge in [-0.1, -0.05) is 58.1 Å².